The number of hydrogen-bond acceptors (Lipinski definition) is 1. The van der Waals surface area contributed by atoms with Crippen LogP contribution in [0.15, 0.2) is 218 Å². The van der Waals surface area contributed by atoms with Crippen molar-refractivity contribution in [3.05, 3.63) is 224 Å². The van der Waals surface area contributed by atoms with Crippen LogP contribution in [0.3, 0.4) is 0 Å². The number of anilines is 2. The molecule has 4 heteroatoms. The number of benzene rings is 9. The Balaban J connectivity index is 1.11. The molecule has 1 aliphatic carbocycles. The molecule has 0 fully saturated rings. The van der Waals surface area contributed by atoms with Crippen molar-refractivity contribution in [3.8, 4) is 17.1 Å². The zero-order valence-corrected chi connectivity index (χ0v) is 33.7. The van der Waals surface area contributed by atoms with Crippen molar-refractivity contribution in [3.63, 3.8) is 0 Å². The van der Waals surface area contributed by atoms with Gasteiger partial charge in [-0.1, -0.05) is 164 Å². The Bertz CT molecular complexity index is 3880. The summed E-state index contributed by atoms with van der Waals surface area (Å²) in [6.45, 7) is 0. The second kappa shape index (κ2) is 12.7. The minimum Gasteiger partial charge on any atom is -0.332 e. The van der Waals surface area contributed by atoms with Gasteiger partial charge < -0.3 is 18.6 Å². The monoisotopic (exact) mass is 790 g/mol. The molecule has 62 heavy (non-hydrogen) atoms. The minimum atomic E-state index is 0.187. The van der Waals surface area contributed by atoms with Gasteiger partial charge in [-0.25, -0.2) is 0 Å². The van der Waals surface area contributed by atoms with Gasteiger partial charge >= 0.3 is 0 Å². The molecule has 0 radical (unpaired) electrons. The Morgan fingerprint density at radius 3 is 1.37 bits per heavy atom. The number of allylic oxidation sites excluding steroid dienone is 2. The normalized spacial score (nSPS) is 15.9. The second-order valence-electron chi connectivity index (χ2n) is 16.8. The summed E-state index contributed by atoms with van der Waals surface area (Å²) < 4.78 is 7.58. The second-order valence-corrected chi connectivity index (χ2v) is 16.8. The average Bonchev–Trinajstić information content (AvgIpc) is 4.07. The molecule has 3 aromatic heterocycles. The summed E-state index contributed by atoms with van der Waals surface area (Å²) in [5.74, 6) is 0.254. The van der Waals surface area contributed by atoms with Gasteiger partial charge in [0.15, 0.2) is 0 Å². The van der Waals surface area contributed by atoms with E-state index < -0.39 is 0 Å². The molecule has 0 saturated heterocycles. The van der Waals surface area contributed by atoms with E-state index in [9.17, 15) is 0 Å². The highest BCUT2D eigenvalue weighted by Crippen LogP contribution is 2.53. The summed E-state index contributed by atoms with van der Waals surface area (Å²) in [7, 11) is 0. The molecule has 9 aromatic carbocycles. The van der Waals surface area contributed by atoms with Crippen LogP contribution < -0.4 is 4.90 Å². The van der Waals surface area contributed by atoms with Crippen molar-refractivity contribution in [2.45, 2.75) is 12.0 Å². The van der Waals surface area contributed by atoms with Crippen LogP contribution in [0.1, 0.15) is 11.5 Å². The van der Waals surface area contributed by atoms with E-state index in [0.29, 0.717) is 0 Å². The van der Waals surface area contributed by atoms with E-state index in [1.807, 2.05) is 0 Å². The number of para-hydroxylation sites is 5. The maximum absolute atomic E-state index is 2.59. The fraction of sp³-hybridized carbons (Fsp3) is 0.0345. The van der Waals surface area contributed by atoms with Gasteiger partial charge in [0.1, 0.15) is 0 Å². The van der Waals surface area contributed by atoms with E-state index in [1.54, 1.807) is 0 Å². The molecule has 0 bridgehead atoms. The van der Waals surface area contributed by atoms with Crippen molar-refractivity contribution in [2.24, 2.45) is 0 Å². The summed E-state index contributed by atoms with van der Waals surface area (Å²) >= 11 is 0. The Hall–Kier alpha value is -8.08. The number of nitrogens with zero attached hydrogens (tertiary/aromatic N) is 4. The van der Waals surface area contributed by atoms with Crippen LogP contribution in [0.2, 0.25) is 0 Å². The van der Waals surface area contributed by atoms with Crippen molar-refractivity contribution >= 4 is 87.6 Å². The van der Waals surface area contributed by atoms with E-state index in [0.717, 1.165) is 11.4 Å². The lowest BCUT2D eigenvalue weighted by atomic mass is 9.91. The molecule has 290 valence electrons. The van der Waals surface area contributed by atoms with Crippen molar-refractivity contribution in [2.75, 3.05) is 4.90 Å². The van der Waals surface area contributed by atoms with Gasteiger partial charge in [0.05, 0.1) is 56.2 Å². The van der Waals surface area contributed by atoms with Crippen molar-refractivity contribution in [1.82, 2.24) is 13.7 Å². The van der Waals surface area contributed by atoms with Crippen LogP contribution in [-0.2, 0) is 0 Å². The quantitative estimate of drug-likeness (QED) is 0.174. The van der Waals surface area contributed by atoms with Crippen LogP contribution >= 0.6 is 0 Å². The molecular formula is C58H38N4. The molecule has 2 unspecified atom stereocenters. The number of fused-ring (bicyclic) bond motifs is 15. The van der Waals surface area contributed by atoms with E-state index in [-0.39, 0.29) is 12.0 Å². The van der Waals surface area contributed by atoms with Crippen LogP contribution in [0.5, 0.6) is 0 Å². The van der Waals surface area contributed by atoms with Gasteiger partial charge in [-0.05, 0) is 60.2 Å². The average molecular weight is 791 g/mol. The molecule has 0 N–H and O–H groups in total. The number of hydrogen-bond donors (Lipinski definition) is 0. The van der Waals surface area contributed by atoms with Crippen LogP contribution in [0.25, 0.3) is 93.3 Å². The van der Waals surface area contributed by atoms with Crippen molar-refractivity contribution in [1.29, 1.82) is 0 Å². The summed E-state index contributed by atoms with van der Waals surface area (Å²) in [5, 5.41) is 9.90. The molecule has 0 spiro atoms. The third-order valence-corrected chi connectivity index (χ3v) is 13.7. The molecule has 0 amide bonds. The maximum Gasteiger partial charge on any atom is 0.0789 e. The fourth-order valence-corrected chi connectivity index (χ4v) is 11.3. The van der Waals surface area contributed by atoms with Crippen LogP contribution in [0, 0.1) is 0 Å². The van der Waals surface area contributed by atoms with E-state index in [2.05, 4.69) is 237 Å². The summed E-state index contributed by atoms with van der Waals surface area (Å²) in [4.78, 5) is 2.59. The first-order chi connectivity index (χ1) is 30.8. The van der Waals surface area contributed by atoms with Gasteiger partial charge in [0, 0.05) is 60.4 Å². The molecule has 4 nitrogen and oxygen atoms in total. The molecule has 1 aliphatic heterocycles. The largest absolute Gasteiger partial charge is 0.332 e. The van der Waals surface area contributed by atoms with Crippen molar-refractivity contribution < 1.29 is 0 Å². The van der Waals surface area contributed by atoms with E-state index in [4.69, 9.17) is 0 Å². The molecule has 2 aliphatic rings. The Morgan fingerprint density at radius 2 is 0.758 bits per heavy atom. The third kappa shape index (κ3) is 4.45. The fourth-order valence-electron chi connectivity index (χ4n) is 11.3. The minimum absolute atomic E-state index is 0.187. The van der Waals surface area contributed by atoms with E-state index in [1.165, 1.54) is 98.8 Å². The Morgan fingerprint density at radius 1 is 0.306 bits per heavy atom. The first kappa shape index (κ1) is 33.7. The first-order valence-electron chi connectivity index (χ1n) is 21.6. The zero-order chi connectivity index (χ0) is 40.5. The van der Waals surface area contributed by atoms with Gasteiger partial charge in [-0.2, -0.15) is 0 Å². The lowest BCUT2D eigenvalue weighted by Gasteiger charge is -2.29. The molecular weight excluding hydrogens is 753 g/mol. The maximum atomic E-state index is 2.59. The van der Waals surface area contributed by atoms with Gasteiger partial charge in [0.2, 0.25) is 0 Å². The molecule has 4 heterocycles. The number of aromatic nitrogens is 3. The lowest BCUT2D eigenvalue weighted by Crippen LogP contribution is -2.28. The summed E-state index contributed by atoms with van der Waals surface area (Å²) in [6, 6.07) is 71.9. The highest BCUT2D eigenvalue weighted by molar-refractivity contribution is 6.24. The molecule has 0 saturated carbocycles. The topological polar surface area (TPSA) is 18.0 Å². The molecule has 2 atom stereocenters. The number of rotatable bonds is 4. The standard InChI is InChI=1S/C58H38N4/c1-3-17-37(18-4-1)59-49-27-11-7-21-41(49)45-33-35-47-43-23-9-13-29-51(43)61(57(47)55(45)59)53-31-15-26-40-39(53)25-16-32-54(40)62-52-30-14-10-24-44(52)48-36-34-46-42-22-8-12-28-50(42)60(56(46)58(48)62)38-19-5-2-6-20-38/h1-36,41,49H. The molecule has 14 rings (SSSR count). The lowest BCUT2D eigenvalue weighted by molar-refractivity contribution is 0.745. The highest BCUT2D eigenvalue weighted by atomic mass is 15.2. The van der Waals surface area contributed by atoms with Gasteiger partial charge in [0.25, 0.3) is 0 Å². The SMILES string of the molecule is C1=CC2c3ccc4c5ccccc5n(-c5cccc6c(-n7c8ccccc8c8ccc9c%10ccccc%10n(-c%10ccccc%10)c9c87)cccc56)c4c3N(c3ccccc3)C2C=C1. The Kier molecular flexibility index (Phi) is 6.92. The highest BCUT2D eigenvalue weighted by Gasteiger charge is 2.40. The Labute approximate surface area is 357 Å². The van der Waals surface area contributed by atoms with Gasteiger partial charge in [-0.3, -0.25) is 0 Å². The summed E-state index contributed by atoms with van der Waals surface area (Å²) in [6.07, 6.45) is 9.19. The predicted molar refractivity (Wildman–Crippen MR) is 260 cm³/mol. The van der Waals surface area contributed by atoms with Crippen LogP contribution in [0.4, 0.5) is 11.4 Å². The third-order valence-electron chi connectivity index (χ3n) is 13.7. The van der Waals surface area contributed by atoms with Crippen LogP contribution in [-0.4, -0.2) is 19.7 Å². The van der Waals surface area contributed by atoms with E-state index >= 15 is 0 Å². The molecule has 12 aromatic rings. The predicted octanol–water partition coefficient (Wildman–Crippen LogP) is 14.9. The zero-order valence-electron chi connectivity index (χ0n) is 33.7. The van der Waals surface area contributed by atoms with Gasteiger partial charge in [-0.15, -0.1) is 0 Å². The first-order valence-corrected chi connectivity index (χ1v) is 21.6. The smallest absolute Gasteiger partial charge is 0.0789 e. The summed E-state index contributed by atoms with van der Waals surface area (Å²) in [5.41, 5.74) is 14.6.